The number of unbranched alkanes of at least 4 members (excludes halogenated alkanes) is 2. The number of nitrogens with zero attached hydrogens (tertiary/aromatic N) is 2. The van der Waals surface area contributed by atoms with Crippen LogP contribution < -0.4 is 0 Å². The molecule has 2 nitrogen and oxygen atoms in total. The van der Waals surface area contributed by atoms with E-state index in [9.17, 15) is 52.7 Å². The van der Waals surface area contributed by atoms with Crippen LogP contribution in [0.1, 0.15) is 52.9 Å². The molecule has 0 spiro atoms. The molecule has 0 N–H and O–H groups in total. The molecule has 31 heavy (non-hydrogen) atoms. The molecule has 1 saturated heterocycles. The summed E-state index contributed by atoms with van der Waals surface area (Å²) in [5.41, 5.74) is -14.4. The fourth-order valence-electron chi connectivity index (χ4n) is 4.60. The van der Waals surface area contributed by atoms with Gasteiger partial charge in [-0.05, 0) is 32.3 Å². The summed E-state index contributed by atoms with van der Waals surface area (Å²) < 4.78 is 167. The minimum absolute atomic E-state index is 0.135. The largest absolute Gasteiger partial charge is 0.422 e. The molecule has 0 amide bonds. The summed E-state index contributed by atoms with van der Waals surface area (Å²) >= 11 is 0. The maximum absolute atomic E-state index is 14.1. The van der Waals surface area contributed by atoms with E-state index in [2.05, 4.69) is 0 Å². The van der Waals surface area contributed by atoms with Crippen molar-refractivity contribution >= 4 is 0 Å². The van der Waals surface area contributed by atoms with Crippen LogP contribution in [0.4, 0.5) is 52.7 Å². The van der Waals surface area contributed by atoms with E-state index in [0.717, 1.165) is 0 Å². The molecule has 0 radical (unpaired) electrons. The molecule has 0 aromatic heterocycles. The summed E-state index contributed by atoms with van der Waals surface area (Å²) in [6, 6.07) is 0. The van der Waals surface area contributed by atoms with Crippen molar-refractivity contribution in [1.82, 2.24) is 10.0 Å². The first-order valence-corrected chi connectivity index (χ1v) is 9.20. The first-order chi connectivity index (χ1) is 13.6. The Morgan fingerprint density at radius 1 is 0.774 bits per heavy atom. The van der Waals surface area contributed by atoms with Gasteiger partial charge in [-0.25, -0.2) is 0 Å². The summed E-state index contributed by atoms with van der Waals surface area (Å²) in [7, 11) is 0. The predicted octanol–water partition coefficient (Wildman–Crippen LogP) is 6.89. The molecular weight excluding hydrogens is 460 g/mol. The monoisotopic (exact) mass is 480 g/mol. The molecule has 0 aromatic rings. The van der Waals surface area contributed by atoms with Crippen LogP contribution >= 0.6 is 0 Å². The van der Waals surface area contributed by atoms with E-state index in [1.807, 2.05) is 0 Å². The van der Waals surface area contributed by atoms with Crippen molar-refractivity contribution in [2.45, 2.75) is 94.2 Å². The van der Waals surface area contributed by atoms with Gasteiger partial charge in [-0.1, -0.05) is 19.8 Å². The molecule has 0 unspecified atom stereocenters. The van der Waals surface area contributed by atoms with Crippen LogP contribution in [0, 0.1) is 0 Å². The molecule has 182 valence electrons. The Morgan fingerprint density at radius 3 is 1.58 bits per heavy atom. The van der Waals surface area contributed by atoms with Crippen LogP contribution in [0.2, 0.25) is 0 Å². The summed E-state index contributed by atoms with van der Waals surface area (Å²) in [4.78, 5) is 0. The number of rotatable bonds is 4. The van der Waals surface area contributed by atoms with Gasteiger partial charge in [0.2, 0.25) is 5.54 Å². The second kappa shape index (κ2) is 7.08. The van der Waals surface area contributed by atoms with Crippen molar-refractivity contribution in [3.63, 3.8) is 0 Å². The lowest BCUT2D eigenvalue weighted by atomic mass is 9.79. The van der Waals surface area contributed by atoms with Gasteiger partial charge in [0.15, 0.2) is 0 Å². The Kier molecular flexibility index (Phi) is 5.92. The molecule has 2 aliphatic heterocycles. The highest BCUT2D eigenvalue weighted by molar-refractivity contribution is 5.37. The van der Waals surface area contributed by atoms with Crippen LogP contribution in [0.25, 0.3) is 0 Å². The van der Waals surface area contributed by atoms with Crippen molar-refractivity contribution in [3.8, 4) is 0 Å². The predicted molar refractivity (Wildman–Crippen MR) is 84.3 cm³/mol. The zero-order chi connectivity index (χ0) is 24.5. The molecule has 2 heterocycles. The van der Waals surface area contributed by atoms with E-state index in [1.54, 1.807) is 6.92 Å². The standard InChI is InChI=1S/C17H20F12N2/c1-4-5-6-7-10-8-30-12(14(18,19)20,15(21,22)23)9-11(2,3)31(30)13(10,16(24,25)26)17(27,28)29/h8H,4-7,9H2,1-3H3. The van der Waals surface area contributed by atoms with E-state index < -0.39 is 69.8 Å². The van der Waals surface area contributed by atoms with Crippen molar-refractivity contribution in [3.05, 3.63) is 11.8 Å². The highest BCUT2D eigenvalue weighted by Crippen LogP contribution is 2.67. The Labute approximate surface area is 169 Å². The summed E-state index contributed by atoms with van der Waals surface area (Å²) in [5, 5.41) is -1.71. The highest BCUT2D eigenvalue weighted by Gasteiger charge is 2.88. The maximum atomic E-state index is 14.1. The number of fused-ring (bicyclic) bond motifs is 1. The fourth-order valence-corrected chi connectivity index (χ4v) is 4.60. The smallest absolute Gasteiger partial charge is 0.288 e. The van der Waals surface area contributed by atoms with Gasteiger partial charge < -0.3 is 0 Å². The average Bonchev–Trinajstić information content (AvgIpc) is 2.97. The van der Waals surface area contributed by atoms with Gasteiger partial charge >= 0.3 is 24.7 Å². The minimum Gasteiger partial charge on any atom is -0.288 e. The molecule has 2 rings (SSSR count). The Balaban J connectivity index is 2.92. The van der Waals surface area contributed by atoms with Gasteiger partial charge in [0.05, 0.1) is 0 Å². The van der Waals surface area contributed by atoms with E-state index in [4.69, 9.17) is 0 Å². The van der Waals surface area contributed by atoms with Crippen molar-refractivity contribution in [1.29, 1.82) is 0 Å². The normalized spacial score (nSPS) is 23.8. The topological polar surface area (TPSA) is 6.48 Å². The van der Waals surface area contributed by atoms with Crippen LogP contribution in [-0.2, 0) is 0 Å². The molecule has 14 heteroatoms. The minimum atomic E-state index is -6.25. The SMILES string of the molecule is CCCCCC1=CN2N(C(C)(C)CC2(C(F)(F)F)C(F)(F)F)C1(C(F)(F)F)C(F)(F)F. The number of hydrogen-bond acceptors (Lipinski definition) is 2. The lowest BCUT2D eigenvalue weighted by Gasteiger charge is -2.49. The Bertz CT molecular complexity index is 683. The van der Waals surface area contributed by atoms with Crippen LogP contribution in [0.15, 0.2) is 11.8 Å². The highest BCUT2D eigenvalue weighted by atomic mass is 19.4. The second-order valence-corrected chi connectivity index (χ2v) is 8.32. The number of hydrazine groups is 1. The van der Waals surface area contributed by atoms with Crippen molar-refractivity contribution in [2.75, 3.05) is 0 Å². The number of halogens is 12. The van der Waals surface area contributed by atoms with Gasteiger partial charge in [0.25, 0.3) is 5.54 Å². The second-order valence-electron chi connectivity index (χ2n) is 8.32. The van der Waals surface area contributed by atoms with Gasteiger partial charge in [0, 0.05) is 18.2 Å². The number of alkyl halides is 12. The Hall–Kier alpha value is -1.34. The summed E-state index contributed by atoms with van der Waals surface area (Å²) in [6.07, 6.45) is -28.0. The summed E-state index contributed by atoms with van der Waals surface area (Å²) in [6.45, 7) is 2.59. The average molecular weight is 480 g/mol. The first-order valence-electron chi connectivity index (χ1n) is 9.20. The number of hydrogen-bond donors (Lipinski definition) is 0. The molecule has 1 fully saturated rings. The molecular formula is C17H20F12N2. The molecule has 0 aliphatic carbocycles. The molecule has 0 saturated carbocycles. The van der Waals surface area contributed by atoms with Crippen molar-refractivity contribution < 1.29 is 52.7 Å². The molecule has 0 bridgehead atoms. The van der Waals surface area contributed by atoms with Crippen molar-refractivity contribution in [2.24, 2.45) is 0 Å². The zero-order valence-corrected chi connectivity index (χ0v) is 16.5. The van der Waals surface area contributed by atoms with E-state index in [0.29, 0.717) is 20.3 Å². The zero-order valence-electron chi connectivity index (χ0n) is 16.5. The van der Waals surface area contributed by atoms with Crippen LogP contribution in [0.3, 0.4) is 0 Å². The summed E-state index contributed by atoms with van der Waals surface area (Å²) in [5.74, 6) is 0. The Morgan fingerprint density at radius 2 is 1.23 bits per heavy atom. The van der Waals surface area contributed by atoms with Gasteiger partial charge in [-0.3, -0.25) is 5.01 Å². The molecule has 2 aliphatic rings. The lowest BCUT2D eigenvalue weighted by Crippen LogP contribution is -2.72. The fraction of sp³-hybridized carbons (Fsp3) is 0.882. The van der Waals surface area contributed by atoms with E-state index >= 15 is 0 Å². The lowest BCUT2D eigenvalue weighted by molar-refractivity contribution is -0.380. The third-order valence-corrected chi connectivity index (χ3v) is 5.74. The first kappa shape index (κ1) is 25.9. The van der Waals surface area contributed by atoms with Gasteiger partial charge in [-0.15, -0.1) is 0 Å². The van der Waals surface area contributed by atoms with Crippen LogP contribution in [-0.4, -0.2) is 51.3 Å². The van der Waals surface area contributed by atoms with Crippen LogP contribution in [0.5, 0.6) is 0 Å². The molecule has 0 atom stereocenters. The maximum Gasteiger partial charge on any atom is 0.422 e. The quantitative estimate of drug-likeness (QED) is 0.319. The van der Waals surface area contributed by atoms with E-state index in [-0.39, 0.29) is 19.0 Å². The van der Waals surface area contributed by atoms with Gasteiger partial charge in [0.1, 0.15) is 0 Å². The van der Waals surface area contributed by atoms with E-state index in [1.165, 1.54) is 0 Å². The van der Waals surface area contributed by atoms with Gasteiger partial charge in [-0.2, -0.15) is 57.7 Å². The third kappa shape index (κ3) is 3.38. The molecule has 0 aromatic carbocycles. The third-order valence-electron chi connectivity index (χ3n) is 5.74.